The molecule has 3 amide bonds. The normalized spacial score (nSPS) is 17.2. The van der Waals surface area contributed by atoms with E-state index < -0.39 is 11.9 Å². The molecule has 1 atom stereocenters. The number of rotatable bonds is 3. The van der Waals surface area contributed by atoms with Crippen molar-refractivity contribution in [2.45, 2.75) is 46.7 Å². The minimum atomic E-state index is -0.462. The number of fused-ring (bicyclic) bond motifs is 3. The molecule has 1 aliphatic heterocycles. The Balaban J connectivity index is 1.65. The first-order chi connectivity index (χ1) is 19.2. The van der Waals surface area contributed by atoms with Crippen LogP contribution in [0.5, 0.6) is 11.5 Å². The lowest BCUT2D eigenvalue weighted by Gasteiger charge is -2.26. The Bertz CT molecular complexity index is 1370. The Morgan fingerprint density at radius 2 is 1.98 bits per heavy atom. The maximum atomic E-state index is 13.3. The van der Waals surface area contributed by atoms with E-state index in [1.807, 2.05) is 13.8 Å². The van der Waals surface area contributed by atoms with Gasteiger partial charge in [-0.15, -0.1) is 0 Å². The molecule has 40 heavy (non-hydrogen) atoms. The molecule has 0 unspecified atom stereocenters. The van der Waals surface area contributed by atoms with E-state index in [0.717, 1.165) is 0 Å². The monoisotopic (exact) mass is 553 g/mol. The summed E-state index contributed by atoms with van der Waals surface area (Å²) < 4.78 is 18.2. The van der Waals surface area contributed by atoms with Gasteiger partial charge in [-0.2, -0.15) is 5.10 Å². The molecule has 0 aliphatic carbocycles. The summed E-state index contributed by atoms with van der Waals surface area (Å²) >= 11 is 0. The molecule has 13 nitrogen and oxygen atoms in total. The van der Waals surface area contributed by atoms with Gasteiger partial charge in [0.25, 0.3) is 11.8 Å². The van der Waals surface area contributed by atoms with E-state index in [-0.39, 0.29) is 49.7 Å². The Kier molecular flexibility index (Phi) is 9.02. The van der Waals surface area contributed by atoms with Crippen molar-refractivity contribution in [3.05, 3.63) is 52.9 Å². The van der Waals surface area contributed by atoms with Crippen LogP contribution in [0.4, 0.5) is 0 Å². The highest BCUT2D eigenvalue weighted by Gasteiger charge is 2.28. The van der Waals surface area contributed by atoms with E-state index in [1.165, 1.54) is 18.1 Å². The molecule has 3 heterocycles. The van der Waals surface area contributed by atoms with Crippen molar-refractivity contribution >= 4 is 17.7 Å². The third-order valence-corrected chi connectivity index (χ3v) is 6.41. The van der Waals surface area contributed by atoms with Crippen LogP contribution in [0.1, 0.15) is 64.6 Å². The van der Waals surface area contributed by atoms with E-state index in [4.69, 9.17) is 14.0 Å². The molecule has 0 saturated carbocycles. The number of carbonyl (C=O) groups is 3. The van der Waals surface area contributed by atoms with Gasteiger partial charge < -0.3 is 29.5 Å². The minimum Gasteiger partial charge on any atom is -0.493 e. The molecule has 0 saturated heterocycles. The minimum absolute atomic E-state index is 0.0212. The van der Waals surface area contributed by atoms with Crippen LogP contribution in [0.15, 0.2) is 28.8 Å². The zero-order chi connectivity index (χ0) is 28.8. The number of nitrogens with zero attached hydrogens (tertiary/aromatic N) is 5. The van der Waals surface area contributed by atoms with Crippen LogP contribution in [0.25, 0.3) is 0 Å². The van der Waals surface area contributed by atoms with Crippen molar-refractivity contribution in [3.63, 3.8) is 0 Å². The van der Waals surface area contributed by atoms with Gasteiger partial charge in [-0.1, -0.05) is 19.0 Å². The SMILES string of the molecule is COc1ccc2cc1OCCn1nc(C)nc1[C@H](C(C)C)NC(=O)CN(C(=O)c1cc(C)on1)CCCNC2=O. The van der Waals surface area contributed by atoms with Gasteiger partial charge in [-0.3, -0.25) is 14.4 Å². The van der Waals surface area contributed by atoms with Gasteiger partial charge in [0.15, 0.2) is 17.2 Å². The fraction of sp³-hybridized carbons (Fsp3) is 0.481. The van der Waals surface area contributed by atoms with Crippen molar-refractivity contribution in [3.8, 4) is 11.5 Å². The molecule has 13 heteroatoms. The number of amides is 3. The number of aryl methyl sites for hydroxylation is 2. The molecule has 0 spiro atoms. The Morgan fingerprint density at radius 3 is 2.67 bits per heavy atom. The van der Waals surface area contributed by atoms with Gasteiger partial charge in [-0.05, 0) is 44.4 Å². The Hall–Kier alpha value is -4.42. The van der Waals surface area contributed by atoms with Gasteiger partial charge in [-0.25, -0.2) is 9.67 Å². The average molecular weight is 554 g/mol. The first-order valence-corrected chi connectivity index (χ1v) is 13.2. The third-order valence-electron chi connectivity index (χ3n) is 6.41. The zero-order valence-electron chi connectivity index (χ0n) is 23.4. The topological polar surface area (TPSA) is 154 Å². The van der Waals surface area contributed by atoms with Crippen LogP contribution in [0.3, 0.4) is 0 Å². The number of carbonyl (C=O) groups excluding carboxylic acids is 3. The van der Waals surface area contributed by atoms with Crippen molar-refractivity contribution in [1.82, 2.24) is 35.5 Å². The van der Waals surface area contributed by atoms with Gasteiger partial charge >= 0.3 is 0 Å². The summed E-state index contributed by atoms with van der Waals surface area (Å²) in [7, 11) is 1.53. The summed E-state index contributed by atoms with van der Waals surface area (Å²) in [5.41, 5.74) is 0.512. The largest absolute Gasteiger partial charge is 0.493 e. The van der Waals surface area contributed by atoms with E-state index >= 15 is 0 Å². The predicted octanol–water partition coefficient (Wildman–Crippen LogP) is 2.06. The molecule has 2 aromatic heterocycles. The van der Waals surface area contributed by atoms with Gasteiger partial charge in [0.1, 0.15) is 24.0 Å². The molecule has 1 aromatic carbocycles. The van der Waals surface area contributed by atoms with Crippen LogP contribution in [0.2, 0.25) is 0 Å². The molecule has 3 aromatic rings. The fourth-order valence-electron chi connectivity index (χ4n) is 4.42. The maximum Gasteiger partial charge on any atom is 0.276 e. The second kappa shape index (κ2) is 12.6. The molecule has 2 bridgehead atoms. The van der Waals surface area contributed by atoms with E-state index in [2.05, 4.69) is 25.9 Å². The number of hydrogen-bond donors (Lipinski definition) is 2. The summed E-state index contributed by atoms with van der Waals surface area (Å²) in [5, 5.41) is 14.2. The Morgan fingerprint density at radius 1 is 1.18 bits per heavy atom. The number of nitrogens with one attached hydrogen (secondary N) is 2. The Labute approximate surface area is 232 Å². The second-order valence-corrected chi connectivity index (χ2v) is 9.90. The van der Waals surface area contributed by atoms with Gasteiger partial charge in [0, 0.05) is 24.7 Å². The van der Waals surface area contributed by atoms with Gasteiger partial charge in [0.05, 0.1) is 26.2 Å². The lowest BCUT2D eigenvalue weighted by molar-refractivity contribution is -0.123. The van der Waals surface area contributed by atoms with Crippen LogP contribution in [0, 0.1) is 19.8 Å². The number of methoxy groups -OCH3 is 1. The molecule has 4 rings (SSSR count). The van der Waals surface area contributed by atoms with Crippen LogP contribution < -0.4 is 20.1 Å². The lowest BCUT2D eigenvalue weighted by atomic mass is 10.0. The molecule has 0 fully saturated rings. The van der Waals surface area contributed by atoms with Crippen molar-refractivity contribution in [2.24, 2.45) is 5.92 Å². The zero-order valence-corrected chi connectivity index (χ0v) is 23.4. The molecular weight excluding hydrogens is 518 g/mol. The summed E-state index contributed by atoms with van der Waals surface area (Å²) in [5.74, 6) is 1.40. The third kappa shape index (κ3) is 6.77. The molecule has 1 aliphatic rings. The molecule has 214 valence electrons. The highest BCUT2D eigenvalue weighted by Crippen LogP contribution is 2.28. The number of ether oxygens (including phenoxy) is 2. The smallest absolute Gasteiger partial charge is 0.276 e. The summed E-state index contributed by atoms with van der Waals surface area (Å²) in [6.45, 7) is 8.25. The first-order valence-electron chi connectivity index (χ1n) is 13.2. The lowest BCUT2D eigenvalue weighted by Crippen LogP contribution is -2.44. The highest BCUT2D eigenvalue weighted by molar-refractivity contribution is 5.95. The summed E-state index contributed by atoms with van der Waals surface area (Å²) in [6, 6.07) is 6.02. The number of benzene rings is 1. The highest BCUT2D eigenvalue weighted by atomic mass is 16.5. The number of hydrogen-bond acceptors (Lipinski definition) is 9. The maximum absolute atomic E-state index is 13.3. The van der Waals surface area contributed by atoms with Crippen molar-refractivity contribution in [2.75, 3.05) is 33.4 Å². The number of aromatic nitrogens is 4. The van der Waals surface area contributed by atoms with E-state index in [0.29, 0.717) is 47.4 Å². The summed E-state index contributed by atoms with van der Waals surface area (Å²) in [4.78, 5) is 45.3. The quantitative estimate of drug-likeness (QED) is 0.496. The first kappa shape index (κ1) is 28.6. The standard InChI is InChI=1S/C27H35N7O6/c1-16(2)24-25-29-18(4)31-34(25)11-12-39-22-14-19(7-8-21(22)38-5)26(36)28-9-6-10-33(15-23(35)30-24)27(37)20-13-17(3)40-32-20/h7-8,13-14,16,24H,6,9-12,15H2,1-5H3,(H,28,36)(H,30,35)/t24-/m0/s1. The summed E-state index contributed by atoms with van der Waals surface area (Å²) in [6.07, 6.45) is 0.405. The second-order valence-electron chi connectivity index (χ2n) is 9.90. The molecule has 0 radical (unpaired) electrons. The van der Waals surface area contributed by atoms with Crippen LogP contribution in [-0.2, 0) is 11.3 Å². The molecule has 2 N–H and O–H groups in total. The van der Waals surface area contributed by atoms with Crippen molar-refractivity contribution < 1.29 is 28.4 Å². The van der Waals surface area contributed by atoms with Gasteiger partial charge in [0.2, 0.25) is 5.91 Å². The van der Waals surface area contributed by atoms with Crippen molar-refractivity contribution in [1.29, 1.82) is 0 Å². The van der Waals surface area contributed by atoms with Crippen LogP contribution in [-0.4, -0.2) is 75.9 Å². The average Bonchev–Trinajstić information content (AvgIpc) is 3.52. The van der Waals surface area contributed by atoms with Crippen LogP contribution >= 0.6 is 0 Å². The van der Waals surface area contributed by atoms with E-state index in [1.54, 1.807) is 36.7 Å². The predicted molar refractivity (Wildman–Crippen MR) is 143 cm³/mol. The van der Waals surface area contributed by atoms with E-state index in [9.17, 15) is 14.4 Å². The fourth-order valence-corrected chi connectivity index (χ4v) is 4.42. The molecular formula is C27H35N7O6.